The highest BCUT2D eigenvalue weighted by molar-refractivity contribution is 5.87. The van der Waals surface area contributed by atoms with E-state index in [4.69, 9.17) is 14.9 Å². The molecule has 0 bridgehead atoms. The Balaban J connectivity index is 4.28. The molecule has 0 aromatic heterocycles. The average Bonchev–Trinajstić information content (AvgIpc) is 3.13. The zero-order chi connectivity index (χ0) is 38.3. The maximum Gasteiger partial charge on any atom is 0.328 e. The Morgan fingerprint density at radius 1 is 0.615 bits per heavy atom. The Morgan fingerprint density at radius 2 is 1.15 bits per heavy atom. The third-order valence-electron chi connectivity index (χ3n) is 7.84. The van der Waals surface area contributed by atoms with Gasteiger partial charge in [0.15, 0.2) is 0 Å². The fraction of sp³-hybridized carbons (Fsp3) is 0.581. The lowest BCUT2D eigenvalue weighted by Crippen LogP contribution is -2.47. The summed E-state index contributed by atoms with van der Waals surface area (Å²) in [4.78, 5) is 47.3. The summed E-state index contributed by atoms with van der Waals surface area (Å²) in [6.45, 7) is 3.21. The average molecular weight is 725 g/mol. The molecule has 0 aliphatic heterocycles. The Kier molecular flexibility index (Phi) is 34.0. The summed E-state index contributed by atoms with van der Waals surface area (Å²) >= 11 is 0. The molecule has 0 heterocycles. The summed E-state index contributed by atoms with van der Waals surface area (Å²) in [6.07, 6.45) is 46.4. The predicted molar refractivity (Wildman–Crippen MR) is 213 cm³/mol. The highest BCUT2D eigenvalue weighted by Crippen LogP contribution is 2.14. The van der Waals surface area contributed by atoms with Gasteiger partial charge in [-0.05, 0) is 89.5 Å². The second-order valence-electron chi connectivity index (χ2n) is 12.6. The first kappa shape index (κ1) is 48.0. The number of allylic oxidation sites excluding steroid dienone is 13. The van der Waals surface area contributed by atoms with Crippen molar-refractivity contribution in [2.24, 2.45) is 0 Å². The van der Waals surface area contributed by atoms with Crippen LogP contribution in [-0.4, -0.2) is 59.3 Å². The number of unbranched alkanes of at least 4 members (excludes halogenated alkanes) is 7. The zero-order valence-electron chi connectivity index (χ0n) is 32.0. The quantitative estimate of drug-likeness (QED) is 0.0301. The van der Waals surface area contributed by atoms with E-state index in [-0.39, 0.29) is 30.9 Å². The highest BCUT2D eigenvalue weighted by Gasteiger charge is 2.18. The maximum absolute atomic E-state index is 12.6. The van der Waals surface area contributed by atoms with Crippen LogP contribution in [0.4, 0.5) is 0 Å². The lowest BCUT2D eigenvalue weighted by Gasteiger charge is -2.15. The van der Waals surface area contributed by atoms with Gasteiger partial charge in [0.25, 0.3) is 0 Å². The van der Waals surface area contributed by atoms with Crippen LogP contribution < -0.4 is 10.6 Å². The molecule has 2 amide bonds. The number of carbonyl (C=O) groups is 4. The van der Waals surface area contributed by atoms with Crippen molar-refractivity contribution in [2.75, 3.05) is 13.2 Å². The number of carbonyl (C=O) groups excluding carboxylic acids is 3. The lowest BCUT2D eigenvalue weighted by atomic mass is 10.1. The number of carboxylic acid groups (broad SMARTS) is 1. The van der Waals surface area contributed by atoms with E-state index >= 15 is 0 Å². The van der Waals surface area contributed by atoms with E-state index in [1.165, 1.54) is 0 Å². The van der Waals surface area contributed by atoms with E-state index in [2.05, 4.69) is 103 Å². The third kappa shape index (κ3) is 33.2. The summed E-state index contributed by atoms with van der Waals surface area (Å²) in [7, 11) is 0. The second kappa shape index (κ2) is 36.8. The molecule has 0 spiro atoms. The first-order valence-corrected chi connectivity index (χ1v) is 19.5. The number of aliphatic carboxylic acids is 1. The third-order valence-corrected chi connectivity index (χ3v) is 7.84. The fourth-order valence-electron chi connectivity index (χ4n) is 4.87. The molecule has 0 radical (unpaired) electrons. The van der Waals surface area contributed by atoms with Crippen molar-refractivity contribution in [3.8, 4) is 0 Å². The van der Waals surface area contributed by atoms with Gasteiger partial charge in [-0.25, -0.2) is 4.79 Å². The summed E-state index contributed by atoms with van der Waals surface area (Å²) in [6, 6.07) is -1.40. The minimum atomic E-state index is -1.40. The van der Waals surface area contributed by atoms with Gasteiger partial charge in [-0.15, -0.1) is 0 Å². The van der Waals surface area contributed by atoms with Crippen LogP contribution in [0, 0.1) is 0 Å². The minimum Gasteiger partial charge on any atom is -0.480 e. The number of nitrogens with one attached hydrogen (secondary N) is 2. The molecule has 0 saturated carbocycles. The SMILES string of the molecule is CC/C=C\C/C=C\C/C=C\C/C=C\C/C=C\CCCCCC(=O)OC(/C=C\C/C=C\CCC)CCCCCCC(=O)NCC(=O)NC(CO)C(=O)O. The van der Waals surface area contributed by atoms with Crippen LogP contribution in [0.1, 0.15) is 136 Å². The molecule has 2 unspecified atom stereocenters. The van der Waals surface area contributed by atoms with E-state index in [0.717, 1.165) is 96.3 Å². The molecule has 292 valence electrons. The van der Waals surface area contributed by atoms with Crippen LogP contribution in [0.2, 0.25) is 0 Å². The van der Waals surface area contributed by atoms with Gasteiger partial charge in [0.05, 0.1) is 13.2 Å². The van der Waals surface area contributed by atoms with Gasteiger partial charge in [0.2, 0.25) is 11.8 Å². The van der Waals surface area contributed by atoms with E-state index in [1.54, 1.807) is 0 Å². The van der Waals surface area contributed by atoms with Crippen LogP contribution >= 0.6 is 0 Å². The standard InChI is InChI=1S/C43H68N2O7/c1-3-5-7-9-11-12-13-14-15-16-17-18-19-20-21-22-23-25-31-35-42(49)52-38(32-28-24-10-8-6-4-2)33-29-26-27-30-34-40(47)44-36-41(48)45-39(37-46)43(50)51/h5,7-8,10-12,14-15,17-18,20-21,28,32,38-39,46H,3-4,6,9,13,16,19,22-27,29-31,33-37H2,1-2H3,(H,44,47)(H,45,48)(H,50,51)/b7-5-,10-8-,12-11-,15-14-,18-17-,21-20-,32-28-. The van der Waals surface area contributed by atoms with Crippen LogP contribution in [0.15, 0.2) is 85.1 Å². The van der Waals surface area contributed by atoms with Crippen LogP contribution in [0.3, 0.4) is 0 Å². The van der Waals surface area contributed by atoms with Crippen molar-refractivity contribution in [3.05, 3.63) is 85.1 Å². The number of esters is 1. The summed E-state index contributed by atoms with van der Waals surface area (Å²) in [5, 5.41) is 22.5. The van der Waals surface area contributed by atoms with Gasteiger partial charge < -0.3 is 25.6 Å². The Bertz CT molecular complexity index is 1150. The zero-order valence-corrected chi connectivity index (χ0v) is 32.0. The van der Waals surface area contributed by atoms with Gasteiger partial charge in [0.1, 0.15) is 12.1 Å². The van der Waals surface area contributed by atoms with Gasteiger partial charge in [-0.3, -0.25) is 14.4 Å². The molecule has 0 saturated heterocycles. The van der Waals surface area contributed by atoms with Crippen molar-refractivity contribution >= 4 is 23.8 Å². The number of hydrogen-bond donors (Lipinski definition) is 4. The van der Waals surface area contributed by atoms with Crippen molar-refractivity contribution in [3.63, 3.8) is 0 Å². The molecule has 2 atom stereocenters. The number of aliphatic hydroxyl groups excluding tert-OH is 1. The Labute approximate surface area is 314 Å². The normalized spacial score (nSPS) is 13.4. The number of rotatable bonds is 33. The highest BCUT2D eigenvalue weighted by atomic mass is 16.5. The molecule has 0 aromatic rings. The van der Waals surface area contributed by atoms with Gasteiger partial charge in [-0.2, -0.15) is 0 Å². The van der Waals surface area contributed by atoms with Crippen LogP contribution in [0.25, 0.3) is 0 Å². The molecule has 0 aliphatic rings. The van der Waals surface area contributed by atoms with Crippen molar-refractivity contribution in [1.82, 2.24) is 10.6 Å². The van der Waals surface area contributed by atoms with Gasteiger partial charge >= 0.3 is 11.9 Å². The Hall–Kier alpha value is -3.98. The maximum atomic E-state index is 12.6. The number of aliphatic hydroxyl groups is 1. The Morgan fingerprint density at radius 3 is 1.75 bits per heavy atom. The van der Waals surface area contributed by atoms with Crippen molar-refractivity contribution in [2.45, 2.75) is 148 Å². The second-order valence-corrected chi connectivity index (χ2v) is 12.6. The molecule has 0 rings (SSSR count). The number of amides is 2. The molecule has 9 nitrogen and oxygen atoms in total. The summed E-state index contributed by atoms with van der Waals surface area (Å²) in [5.74, 6) is -2.48. The lowest BCUT2D eigenvalue weighted by molar-refractivity contribution is -0.147. The van der Waals surface area contributed by atoms with Gasteiger partial charge in [-0.1, -0.05) is 119 Å². The summed E-state index contributed by atoms with van der Waals surface area (Å²) < 4.78 is 5.83. The molecular weight excluding hydrogens is 656 g/mol. The molecular formula is C43H68N2O7. The number of hydrogen-bond acceptors (Lipinski definition) is 6. The topological polar surface area (TPSA) is 142 Å². The monoisotopic (exact) mass is 725 g/mol. The first-order valence-electron chi connectivity index (χ1n) is 19.5. The molecule has 0 aromatic carbocycles. The first-order chi connectivity index (χ1) is 25.3. The molecule has 0 fully saturated rings. The van der Waals surface area contributed by atoms with E-state index < -0.39 is 24.5 Å². The minimum absolute atomic E-state index is 0.166. The largest absolute Gasteiger partial charge is 0.480 e. The van der Waals surface area contributed by atoms with Crippen molar-refractivity contribution in [1.29, 1.82) is 0 Å². The van der Waals surface area contributed by atoms with Crippen LogP contribution in [-0.2, 0) is 23.9 Å². The molecule has 4 N–H and O–H groups in total. The predicted octanol–water partition coefficient (Wildman–Crippen LogP) is 8.92. The molecule has 0 aliphatic carbocycles. The fourth-order valence-corrected chi connectivity index (χ4v) is 4.87. The smallest absolute Gasteiger partial charge is 0.328 e. The van der Waals surface area contributed by atoms with E-state index in [9.17, 15) is 19.2 Å². The van der Waals surface area contributed by atoms with E-state index in [0.29, 0.717) is 19.3 Å². The molecule has 52 heavy (non-hydrogen) atoms. The number of carboxylic acids is 1. The van der Waals surface area contributed by atoms with E-state index in [1.807, 2.05) is 6.08 Å². The molecule has 9 heteroatoms. The van der Waals surface area contributed by atoms with Crippen LogP contribution in [0.5, 0.6) is 0 Å². The summed E-state index contributed by atoms with van der Waals surface area (Å²) in [5.41, 5.74) is 0. The van der Waals surface area contributed by atoms with Crippen molar-refractivity contribution < 1.29 is 34.1 Å². The van der Waals surface area contributed by atoms with Gasteiger partial charge in [0, 0.05) is 12.8 Å². The number of ether oxygens (including phenoxy) is 1.